The SMILES string of the molecule is COc1ccc([C@@H]2CN(C(=O)C3CC(=O)N(C)C3)C[C@H]2c2cc(=O)[nH]c(C)n2)cc1. The predicted octanol–water partition coefficient (Wildman–Crippen LogP) is 1.27. The minimum absolute atomic E-state index is 0.00249. The van der Waals surface area contributed by atoms with Gasteiger partial charge in [-0.3, -0.25) is 14.4 Å². The molecule has 2 fully saturated rings. The number of hydrogen-bond acceptors (Lipinski definition) is 5. The van der Waals surface area contributed by atoms with Gasteiger partial charge < -0.3 is 19.5 Å². The van der Waals surface area contributed by atoms with Crippen LogP contribution >= 0.6 is 0 Å². The van der Waals surface area contributed by atoms with E-state index in [1.54, 1.807) is 26.0 Å². The molecule has 8 heteroatoms. The first-order chi connectivity index (χ1) is 14.4. The van der Waals surface area contributed by atoms with Crippen molar-refractivity contribution in [2.45, 2.75) is 25.2 Å². The highest BCUT2D eigenvalue weighted by atomic mass is 16.5. The lowest BCUT2D eigenvalue weighted by Gasteiger charge is -2.20. The van der Waals surface area contributed by atoms with Crippen molar-refractivity contribution >= 4 is 11.8 Å². The molecule has 0 bridgehead atoms. The van der Waals surface area contributed by atoms with E-state index < -0.39 is 0 Å². The molecule has 2 amide bonds. The zero-order valence-corrected chi connectivity index (χ0v) is 17.4. The number of nitrogens with zero attached hydrogens (tertiary/aromatic N) is 3. The molecule has 1 aromatic carbocycles. The van der Waals surface area contributed by atoms with E-state index in [0.717, 1.165) is 11.3 Å². The normalized spacial score (nSPS) is 23.8. The summed E-state index contributed by atoms with van der Waals surface area (Å²) in [6, 6.07) is 9.32. The van der Waals surface area contributed by atoms with Crippen LogP contribution in [0, 0.1) is 12.8 Å². The number of hydrogen-bond donors (Lipinski definition) is 1. The van der Waals surface area contributed by atoms with E-state index in [2.05, 4.69) is 9.97 Å². The van der Waals surface area contributed by atoms with Crippen LogP contribution in [0.1, 0.15) is 35.3 Å². The number of carbonyl (C=O) groups is 2. The molecule has 158 valence electrons. The fourth-order valence-electron chi connectivity index (χ4n) is 4.55. The summed E-state index contributed by atoms with van der Waals surface area (Å²) in [5.74, 6) is 0.906. The Morgan fingerprint density at radius 3 is 2.43 bits per heavy atom. The molecular weight excluding hydrogens is 384 g/mol. The van der Waals surface area contributed by atoms with Crippen LogP contribution < -0.4 is 10.3 Å². The van der Waals surface area contributed by atoms with Crippen LogP contribution in [0.3, 0.4) is 0 Å². The van der Waals surface area contributed by atoms with Gasteiger partial charge in [-0.2, -0.15) is 0 Å². The number of aryl methyl sites for hydroxylation is 1. The summed E-state index contributed by atoms with van der Waals surface area (Å²) >= 11 is 0. The molecule has 4 rings (SSSR count). The molecule has 2 aliphatic rings. The number of ether oxygens (including phenoxy) is 1. The molecule has 3 heterocycles. The van der Waals surface area contributed by atoms with E-state index in [0.29, 0.717) is 31.2 Å². The molecule has 8 nitrogen and oxygen atoms in total. The molecule has 3 atom stereocenters. The Morgan fingerprint density at radius 1 is 1.13 bits per heavy atom. The number of benzene rings is 1. The first-order valence-electron chi connectivity index (χ1n) is 10.1. The summed E-state index contributed by atoms with van der Waals surface area (Å²) in [5.41, 5.74) is 1.56. The molecule has 0 saturated carbocycles. The number of aromatic nitrogens is 2. The lowest BCUT2D eigenvalue weighted by atomic mass is 9.86. The molecule has 0 aliphatic carbocycles. The Labute approximate surface area is 174 Å². The second kappa shape index (κ2) is 7.93. The van der Waals surface area contributed by atoms with E-state index in [4.69, 9.17) is 4.74 Å². The number of carbonyl (C=O) groups excluding carboxylic acids is 2. The van der Waals surface area contributed by atoms with Crippen molar-refractivity contribution < 1.29 is 14.3 Å². The number of rotatable bonds is 4. The Morgan fingerprint density at radius 2 is 1.83 bits per heavy atom. The second-order valence-electron chi connectivity index (χ2n) is 8.16. The van der Waals surface area contributed by atoms with Gasteiger partial charge in [0.1, 0.15) is 11.6 Å². The average Bonchev–Trinajstić information content (AvgIpc) is 3.31. The average molecular weight is 410 g/mol. The van der Waals surface area contributed by atoms with Gasteiger partial charge in [-0.1, -0.05) is 12.1 Å². The van der Waals surface area contributed by atoms with Crippen LogP contribution in [0.5, 0.6) is 5.75 Å². The van der Waals surface area contributed by atoms with Crippen LogP contribution in [-0.4, -0.2) is 65.4 Å². The summed E-state index contributed by atoms with van der Waals surface area (Å²) in [6.07, 6.45) is 0.256. The van der Waals surface area contributed by atoms with Crippen LogP contribution in [-0.2, 0) is 9.59 Å². The van der Waals surface area contributed by atoms with Crippen molar-refractivity contribution in [2.75, 3.05) is 33.8 Å². The largest absolute Gasteiger partial charge is 0.497 e. The summed E-state index contributed by atoms with van der Waals surface area (Å²) in [4.78, 5) is 47.8. The first kappa shape index (κ1) is 20.1. The topological polar surface area (TPSA) is 95.6 Å². The summed E-state index contributed by atoms with van der Waals surface area (Å²) in [7, 11) is 3.35. The van der Waals surface area contributed by atoms with Crippen molar-refractivity contribution in [1.29, 1.82) is 0 Å². The van der Waals surface area contributed by atoms with Gasteiger partial charge in [-0.05, 0) is 24.6 Å². The van der Waals surface area contributed by atoms with E-state index >= 15 is 0 Å². The number of likely N-dealkylation sites (tertiary alicyclic amines) is 2. The smallest absolute Gasteiger partial charge is 0.251 e. The molecule has 0 radical (unpaired) electrons. The maximum Gasteiger partial charge on any atom is 0.251 e. The van der Waals surface area contributed by atoms with E-state index in [-0.39, 0.29) is 41.5 Å². The van der Waals surface area contributed by atoms with Gasteiger partial charge in [0.05, 0.1) is 18.7 Å². The minimum atomic E-state index is -0.313. The Kier molecular flexibility index (Phi) is 5.32. The maximum atomic E-state index is 13.2. The highest BCUT2D eigenvalue weighted by Crippen LogP contribution is 2.40. The Hall–Kier alpha value is -3.16. The third-order valence-electron chi connectivity index (χ3n) is 6.13. The zero-order valence-electron chi connectivity index (χ0n) is 17.4. The van der Waals surface area contributed by atoms with Crippen LogP contribution in [0.25, 0.3) is 0 Å². The molecule has 1 N–H and O–H groups in total. The van der Waals surface area contributed by atoms with Gasteiger partial charge in [-0.25, -0.2) is 4.98 Å². The van der Waals surface area contributed by atoms with Crippen molar-refractivity contribution in [3.05, 3.63) is 57.8 Å². The highest BCUT2D eigenvalue weighted by Gasteiger charge is 2.42. The van der Waals surface area contributed by atoms with Gasteiger partial charge in [0, 0.05) is 51.0 Å². The zero-order chi connectivity index (χ0) is 21.4. The number of aromatic amines is 1. The van der Waals surface area contributed by atoms with E-state index in [1.165, 1.54) is 6.07 Å². The molecule has 30 heavy (non-hydrogen) atoms. The standard InChI is InChI=1S/C22H26N4O4/c1-13-23-19(9-20(27)24-13)18-12-26(22(29)15-8-21(28)25(2)10-15)11-17(18)14-4-6-16(30-3)7-5-14/h4-7,9,15,17-18H,8,10-12H2,1-3H3,(H,23,24,27)/t15?,17-,18+/m0/s1. The third kappa shape index (κ3) is 3.81. The van der Waals surface area contributed by atoms with Crippen molar-refractivity contribution in [3.63, 3.8) is 0 Å². The lowest BCUT2D eigenvalue weighted by Crippen LogP contribution is -2.35. The molecule has 2 aromatic rings. The van der Waals surface area contributed by atoms with E-state index in [1.807, 2.05) is 29.2 Å². The molecule has 2 aliphatic heterocycles. The number of amides is 2. The number of nitrogens with one attached hydrogen (secondary N) is 1. The highest BCUT2D eigenvalue weighted by molar-refractivity contribution is 5.89. The summed E-state index contributed by atoms with van der Waals surface area (Å²) < 4.78 is 5.26. The third-order valence-corrected chi connectivity index (χ3v) is 6.13. The molecule has 0 spiro atoms. The lowest BCUT2D eigenvalue weighted by molar-refractivity contribution is -0.134. The second-order valence-corrected chi connectivity index (χ2v) is 8.16. The minimum Gasteiger partial charge on any atom is -0.497 e. The van der Waals surface area contributed by atoms with Crippen LogP contribution in [0.15, 0.2) is 35.1 Å². The molecule has 1 unspecified atom stereocenters. The Bertz CT molecular complexity index is 1020. The van der Waals surface area contributed by atoms with Gasteiger partial charge in [-0.15, -0.1) is 0 Å². The summed E-state index contributed by atoms with van der Waals surface area (Å²) in [6.45, 7) is 3.21. The fraction of sp³-hybridized carbons (Fsp3) is 0.455. The van der Waals surface area contributed by atoms with E-state index in [9.17, 15) is 14.4 Å². The fourth-order valence-corrected chi connectivity index (χ4v) is 4.55. The first-order valence-corrected chi connectivity index (χ1v) is 10.1. The van der Waals surface area contributed by atoms with Crippen molar-refractivity contribution in [3.8, 4) is 5.75 Å². The van der Waals surface area contributed by atoms with Gasteiger partial charge >= 0.3 is 0 Å². The van der Waals surface area contributed by atoms with Gasteiger partial charge in [0.15, 0.2) is 0 Å². The molecular formula is C22H26N4O4. The molecule has 1 aromatic heterocycles. The van der Waals surface area contributed by atoms with Gasteiger partial charge in [0.2, 0.25) is 11.8 Å². The Balaban J connectivity index is 1.65. The number of H-pyrrole nitrogens is 1. The quantitative estimate of drug-likeness (QED) is 0.819. The van der Waals surface area contributed by atoms with Crippen LogP contribution in [0.2, 0.25) is 0 Å². The van der Waals surface area contributed by atoms with Crippen molar-refractivity contribution in [1.82, 2.24) is 19.8 Å². The summed E-state index contributed by atoms with van der Waals surface area (Å²) in [5, 5.41) is 0. The number of methoxy groups -OCH3 is 1. The molecule has 2 saturated heterocycles. The predicted molar refractivity (Wildman–Crippen MR) is 110 cm³/mol. The van der Waals surface area contributed by atoms with Crippen molar-refractivity contribution in [2.24, 2.45) is 5.92 Å². The maximum absolute atomic E-state index is 13.2. The monoisotopic (exact) mass is 410 g/mol. The van der Waals surface area contributed by atoms with Gasteiger partial charge in [0.25, 0.3) is 5.56 Å². The van der Waals surface area contributed by atoms with Crippen LogP contribution in [0.4, 0.5) is 0 Å².